The molecule has 0 saturated carbocycles. The Labute approximate surface area is 133 Å². The fraction of sp³-hybridized carbons (Fsp3) is 1.00. The summed E-state index contributed by atoms with van der Waals surface area (Å²) in [5.74, 6) is 0. The second-order valence-electron chi connectivity index (χ2n) is 5.52. The van der Waals surface area contributed by atoms with Crippen LogP contribution in [0.2, 0.25) is 0 Å². The lowest BCUT2D eigenvalue weighted by Crippen LogP contribution is -2.65. The first-order valence-electron chi connectivity index (χ1n) is 7.24. The minimum absolute atomic E-state index is 0.273. The van der Waals surface area contributed by atoms with Crippen molar-refractivity contribution < 1.29 is 40.1 Å². The number of hydrogen-bond donors (Lipinski definition) is 9. The average Bonchev–Trinajstić information content (AvgIpc) is 2.57. The van der Waals surface area contributed by atoms with Gasteiger partial charge in [0.2, 0.25) is 0 Å². The number of aliphatic hydroxyl groups excluding tert-OH is 6. The number of rotatable bonds is 8. The minimum atomic E-state index is -1.57. The van der Waals surface area contributed by atoms with Crippen LogP contribution in [0.4, 0.5) is 0 Å². The van der Waals surface area contributed by atoms with Gasteiger partial charge in [-0.3, -0.25) is 0 Å². The lowest BCUT2D eigenvalue weighted by Gasteiger charge is -2.43. The zero-order valence-corrected chi connectivity index (χ0v) is 12.5. The van der Waals surface area contributed by atoms with Crippen molar-refractivity contribution in [1.82, 2.24) is 0 Å². The highest BCUT2D eigenvalue weighted by atomic mass is 16.7. The Kier molecular flexibility index (Phi) is 8.20. The smallest absolute Gasteiger partial charge is 0.187 e. The molecule has 138 valence electrons. The van der Waals surface area contributed by atoms with E-state index in [1.54, 1.807) is 0 Å². The molecule has 0 amide bonds. The van der Waals surface area contributed by atoms with Crippen LogP contribution in [0, 0.1) is 0 Å². The predicted molar refractivity (Wildman–Crippen MR) is 76.7 cm³/mol. The maximum absolute atomic E-state index is 9.97. The third-order valence-electron chi connectivity index (χ3n) is 3.86. The van der Waals surface area contributed by atoms with Gasteiger partial charge in [0.1, 0.15) is 24.4 Å². The molecule has 0 aromatic carbocycles. The van der Waals surface area contributed by atoms with Gasteiger partial charge in [-0.1, -0.05) is 0 Å². The summed E-state index contributed by atoms with van der Waals surface area (Å²) in [6.45, 7) is -1.48. The van der Waals surface area contributed by atoms with Crippen molar-refractivity contribution in [2.75, 3.05) is 19.8 Å². The van der Waals surface area contributed by atoms with Crippen LogP contribution in [0.25, 0.3) is 0 Å². The van der Waals surface area contributed by atoms with Crippen LogP contribution in [-0.4, -0.2) is 105 Å². The highest BCUT2D eigenvalue weighted by Gasteiger charge is 2.45. The average molecular weight is 341 g/mol. The Bertz CT molecular complexity index is 350. The molecule has 11 heteroatoms. The Morgan fingerprint density at radius 3 is 2.17 bits per heavy atom. The number of hydrogen-bond acceptors (Lipinski definition) is 11. The lowest BCUT2D eigenvalue weighted by atomic mass is 9.96. The Morgan fingerprint density at radius 2 is 1.70 bits per heavy atom. The first kappa shape index (κ1) is 20.6. The van der Waals surface area contributed by atoms with E-state index in [9.17, 15) is 25.5 Å². The zero-order chi connectivity index (χ0) is 17.7. The molecule has 12 N–H and O–H groups in total. The van der Waals surface area contributed by atoms with Crippen molar-refractivity contribution in [3.05, 3.63) is 0 Å². The van der Waals surface area contributed by atoms with Gasteiger partial charge in [-0.05, 0) is 0 Å². The van der Waals surface area contributed by atoms with Crippen LogP contribution < -0.4 is 17.2 Å². The Hall–Kier alpha value is -0.440. The fourth-order valence-corrected chi connectivity index (χ4v) is 2.30. The standard InChI is InChI=1S/C12H27N3O8/c13-1-4(18)11(7(14)5(19)2-16)23-12-10(21)9(20)8(15)6(3-17)22-12/h4-12,16-21H,1-3,13-15H2/t4-,5+,6-,7+,8+,9-,10-,11-,12+/m0/s1. The Balaban J connectivity index is 2.89. The lowest BCUT2D eigenvalue weighted by molar-refractivity contribution is -0.300. The highest BCUT2D eigenvalue weighted by Crippen LogP contribution is 2.23. The van der Waals surface area contributed by atoms with Crippen LogP contribution in [0.15, 0.2) is 0 Å². The van der Waals surface area contributed by atoms with Crippen molar-refractivity contribution in [3.63, 3.8) is 0 Å². The van der Waals surface area contributed by atoms with E-state index in [2.05, 4.69) is 0 Å². The molecular formula is C12H27N3O8. The maximum Gasteiger partial charge on any atom is 0.187 e. The largest absolute Gasteiger partial charge is 0.394 e. The van der Waals surface area contributed by atoms with Gasteiger partial charge in [-0.25, -0.2) is 0 Å². The molecular weight excluding hydrogens is 314 g/mol. The quantitative estimate of drug-likeness (QED) is 0.202. The molecule has 11 nitrogen and oxygen atoms in total. The van der Waals surface area contributed by atoms with E-state index in [-0.39, 0.29) is 6.54 Å². The van der Waals surface area contributed by atoms with Gasteiger partial charge in [-0.15, -0.1) is 0 Å². The minimum Gasteiger partial charge on any atom is -0.394 e. The SMILES string of the molecule is NC[C@H](O)[C@H](O[C@H]1O[C@@H](CO)[C@@H](N)[C@H](O)[C@@H]1O)[C@H](N)[C@H](O)CO. The molecule has 0 aromatic heterocycles. The van der Waals surface area contributed by atoms with Crippen molar-refractivity contribution in [2.45, 2.75) is 55.0 Å². The van der Waals surface area contributed by atoms with E-state index >= 15 is 0 Å². The van der Waals surface area contributed by atoms with Gasteiger partial charge in [0.25, 0.3) is 0 Å². The molecule has 1 aliphatic rings. The van der Waals surface area contributed by atoms with E-state index in [4.69, 9.17) is 31.8 Å². The highest BCUT2D eigenvalue weighted by molar-refractivity contribution is 4.94. The van der Waals surface area contributed by atoms with E-state index in [1.165, 1.54) is 0 Å². The molecule has 1 rings (SSSR count). The summed E-state index contributed by atoms with van der Waals surface area (Å²) in [5.41, 5.74) is 16.7. The normalized spacial score (nSPS) is 37.2. The summed E-state index contributed by atoms with van der Waals surface area (Å²) < 4.78 is 10.6. The molecule has 0 aliphatic carbocycles. The van der Waals surface area contributed by atoms with Gasteiger partial charge < -0.3 is 57.3 Å². The van der Waals surface area contributed by atoms with Gasteiger partial charge in [0.15, 0.2) is 6.29 Å². The maximum atomic E-state index is 9.97. The molecule has 0 spiro atoms. The van der Waals surface area contributed by atoms with Crippen molar-refractivity contribution in [2.24, 2.45) is 17.2 Å². The third-order valence-corrected chi connectivity index (χ3v) is 3.86. The van der Waals surface area contributed by atoms with Crippen molar-refractivity contribution in [3.8, 4) is 0 Å². The first-order valence-corrected chi connectivity index (χ1v) is 7.24. The van der Waals surface area contributed by atoms with E-state index in [0.717, 1.165) is 0 Å². The van der Waals surface area contributed by atoms with Crippen LogP contribution in [-0.2, 0) is 9.47 Å². The summed E-state index contributed by atoms with van der Waals surface area (Å²) in [6, 6.07) is -2.28. The first-order chi connectivity index (χ1) is 10.8. The molecule has 0 radical (unpaired) electrons. The summed E-state index contributed by atoms with van der Waals surface area (Å²) >= 11 is 0. The van der Waals surface area contributed by atoms with Crippen molar-refractivity contribution >= 4 is 0 Å². The van der Waals surface area contributed by atoms with Crippen LogP contribution in [0.1, 0.15) is 0 Å². The van der Waals surface area contributed by atoms with Gasteiger partial charge in [-0.2, -0.15) is 0 Å². The topological polar surface area (TPSA) is 218 Å². The van der Waals surface area contributed by atoms with Crippen LogP contribution in [0.3, 0.4) is 0 Å². The fourth-order valence-electron chi connectivity index (χ4n) is 2.30. The van der Waals surface area contributed by atoms with Gasteiger partial charge in [0, 0.05) is 6.54 Å². The summed E-state index contributed by atoms with van der Waals surface area (Å²) in [6.07, 6.45) is -9.54. The van der Waals surface area contributed by atoms with Crippen molar-refractivity contribution in [1.29, 1.82) is 0 Å². The van der Waals surface area contributed by atoms with E-state index < -0.39 is 68.2 Å². The number of nitrogens with two attached hydrogens (primary N) is 3. The molecule has 1 heterocycles. The third kappa shape index (κ3) is 4.78. The number of ether oxygens (including phenoxy) is 2. The molecule has 1 saturated heterocycles. The molecule has 0 aromatic rings. The second kappa shape index (κ2) is 9.15. The molecule has 1 aliphatic heterocycles. The van der Waals surface area contributed by atoms with Gasteiger partial charge >= 0.3 is 0 Å². The predicted octanol–water partition coefficient (Wildman–Crippen LogP) is -5.86. The van der Waals surface area contributed by atoms with E-state index in [1.807, 2.05) is 0 Å². The summed E-state index contributed by atoms with van der Waals surface area (Å²) in [7, 11) is 0. The zero-order valence-electron chi connectivity index (χ0n) is 12.5. The van der Waals surface area contributed by atoms with Crippen LogP contribution >= 0.6 is 0 Å². The molecule has 0 unspecified atom stereocenters. The summed E-state index contributed by atoms with van der Waals surface area (Å²) in [5, 5.41) is 57.5. The molecule has 9 atom stereocenters. The monoisotopic (exact) mass is 341 g/mol. The second-order valence-corrected chi connectivity index (χ2v) is 5.52. The molecule has 1 fully saturated rings. The van der Waals surface area contributed by atoms with Gasteiger partial charge in [0.05, 0.1) is 37.5 Å². The van der Waals surface area contributed by atoms with E-state index in [0.29, 0.717) is 0 Å². The van der Waals surface area contributed by atoms with Crippen LogP contribution in [0.5, 0.6) is 0 Å². The summed E-state index contributed by atoms with van der Waals surface area (Å²) in [4.78, 5) is 0. The Morgan fingerprint density at radius 1 is 1.09 bits per heavy atom. The number of aliphatic hydroxyl groups is 6. The molecule has 23 heavy (non-hydrogen) atoms. The molecule has 0 bridgehead atoms.